The molecule has 0 amide bonds. The van der Waals surface area contributed by atoms with Crippen molar-refractivity contribution >= 4 is 17.7 Å². The number of esters is 1. The second-order valence-electron chi connectivity index (χ2n) is 3.00. The van der Waals surface area contributed by atoms with Crippen LogP contribution in [0.2, 0.25) is 0 Å². The molecular formula is C8H16ClNO2. The van der Waals surface area contributed by atoms with Gasteiger partial charge in [0, 0.05) is 0 Å². The van der Waals surface area contributed by atoms with Crippen LogP contribution < -0.4 is 4.84 Å². The summed E-state index contributed by atoms with van der Waals surface area (Å²) in [6.45, 7) is 5.93. The first kappa shape index (κ1) is 11.7. The van der Waals surface area contributed by atoms with Gasteiger partial charge in [0.25, 0.3) is 0 Å². The van der Waals surface area contributed by atoms with Crippen molar-refractivity contribution in [1.29, 1.82) is 0 Å². The van der Waals surface area contributed by atoms with Gasteiger partial charge >= 0.3 is 5.97 Å². The van der Waals surface area contributed by atoms with Crippen LogP contribution in [0.1, 0.15) is 27.2 Å². The largest absolute Gasteiger partial charge is 0.464 e. The third-order valence-corrected chi connectivity index (χ3v) is 1.85. The molecule has 0 rings (SSSR count). The minimum absolute atomic E-state index is 0.0503. The van der Waals surface area contributed by atoms with E-state index in [1.807, 2.05) is 6.92 Å². The van der Waals surface area contributed by atoms with E-state index in [-0.39, 0.29) is 17.9 Å². The fourth-order valence-corrected chi connectivity index (χ4v) is 0.793. The van der Waals surface area contributed by atoms with E-state index in [9.17, 15) is 4.79 Å². The zero-order valence-corrected chi connectivity index (χ0v) is 8.52. The summed E-state index contributed by atoms with van der Waals surface area (Å²) in [5, 5.41) is 0. The van der Waals surface area contributed by atoms with E-state index in [2.05, 4.69) is 4.84 Å². The van der Waals surface area contributed by atoms with Gasteiger partial charge in [-0.2, -0.15) is 0 Å². The lowest BCUT2D eigenvalue weighted by Gasteiger charge is -2.13. The fraction of sp³-hybridized carbons (Fsp3) is 0.875. The molecule has 0 aromatic heterocycles. The molecule has 0 heterocycles. The summed E-state index contributed by atoms with van der Waals surface area (Å²) in [4.78, 5) is 13.5. The van der Waals surface area contributed by atoms with Gasteiger partial charge < -0.3 is 4.74 Å². The molecule has 0 aromatic carbocycles. The number of halogens is 1. The van der Waals surface area contributed by atoms with Crippen LogP contribution in [0.5, 0.6) is 0 Å². The summed E-state index contributed by atoms with van der Waals surface area (Å²) in [5.74, 6) is -0.252. The number of hydrogen-bond acceptors (Lipinski definition) is 3. The molecule has 0 fully saturated rings. The van der Waals surface area contributed by atoms with Crippen molar-refractivity contribution in [3.05, 3.63) is 0 Å². The van der Waals surface area contributed by atoms with Crippen LogP contribution in [-0.2, 0) is 9.53 Å². The quantitative estimate of drug-likeness (QED) is 0.534. The fourth-order valence-electron chi connectivity index (χ4n) is 0.576. The topological polar surface area (TPSA) is 38.3 Å². The maximum atomic E-state index is 11.0. The van der Waals surface area contributed by atoms with E-state index in [0.717, 1.165) is 6.42 Å². The third kappa shape index (κ3) is 4.57. The van der Waals surface area contributed by atoms with Gasteiger partial charge in [-0.3, -0.25) is 4.79 Å². The van der Waals surface area contributed by atoms with E-state index in [1.54, 1.807) is 13.8 Å². The van der Waals surface area contributed by atoms with Crippen LogP contribution in [0.4, 0.5) is 0 Å². The highest BCUT2D eigenvalue weighted by atomic mass is 35.5. The maximum absolute atomic E-state index is 11.0. The van der Waals surface area contributed by atoms with E-state index in [1.165, 1.54) is 0 Å². The standard InChI is InChI=1S/C8H16ClNO2/c1-4-7(10-9)5-12-8(11)6(2)3/h6-7,10H,4-5H2,1-3H3/t7-/m0/s1. The second kappa shape index (κ2) is 6.26. The summed E-state index contributed by atoms with van der Waals surface area (Å²) in [5.41, 5.74) is 0. The highest BCUT2D eigenvalue weighted by Crippen LogP contribution is 1.99. The molecule has 1 N–H and O–H groups in total. The number of carbonyl (C=O) groups excluding carboxylic acids is 1. The van der Waals surface area contributed by atoms with Crippen molar-refractivity contribution in [2.75, 3.05) is 6.61 Å². The molecule has 0 saturated carbocycles. The van der Waals surface area contributed by atoms with Crippen molar-refractivity contribution in [3.8, 4) is 0 Å². The third-order valence-electron chi connectivity index (χ3n) is 1.55. The second-order valence-corrected chi connectivity index (χ2v) is 3.22. The first-order valence-corrected chi connectivity index (χ1v) is 4.52. The van der Waals surface area contributed by atoms with E-state index < -0.39 is 0 Å². The predicted molar refractivity (Wildman–Crippen MR) is 48.9 cm³/mol. The Bertz CT molecular complexity index is 135. The van der Waals surface area contributed by atoms with Crippen LogP contribution in [0.3, 0.4) is 0 Å². The monoisotopic (exact) mass is 193 g/mol. The van der Waals surface area contributed by atoms with Crippen molar-refractivity contribution in [3.63, 3.8) is 0 Å². The number of nitrogens with one attached hydrogen (secondary N) is 1. The summed E-state index contributed by atoms with van der Waals surface area (Å²) < 4.78 is 4.96. The molecule has 0 spiro atoms. The molecule has 0 aliphatic carbocycles. The minimum Gasteiger partial charge on any atom is -0.464 e. The smallest absolute Gasteiger partial charge is 0.308 e. The first-order chi connectivity index (χ1) is 5.61. The van der Waals surface area contributed by atoms with Crippen molar-refractivity contribution < 1.29 is 9.53 Å². The average Bonchev–Trinajstić information content (AvgIpc) is 2.05. The molecule has 0 aliphatic rings. The Hall–Kier alpha value is -0.280. The Labute approximate surface area is 78.5 Å². The van der Waals surface area contributed by atoms with Crippen molar-refractivity contribution in [2.24, 2.45) is 5.92 Å². The minimum atomic E-state index is -0.180. The van der Waals surface area contributed by atoms with Crippen LogP contribution >= 0.6 is 11.8 Å². The van der Waals surface area contributed by atoms with Gasteiger partial charge in [0.05, 0.1) is 12.0 Å². The van der Waals surface area contributed by atoms with Gasteiger partial charge in [-0.25, -0.2) is 4.84 Å². The number of ether oxygens (including phenoxy) is 1. The van der Waals surface area contributed by atoms with E-state index in [0.29, 0.717) is 6.61 Å². The highest BCUT2D eigenvalue weighted by molar-refractivity contribution is 6.13. The molecule has 0 bridgehead atoms. The van der Waals surface area contributed by atoms with Gasteiger partial charge in [0.1, 0.15) is 6.61 Å². The Morgan fingerprint density at radius 2 is 2.17 bits per heavy atom. The van der Waals surface area contributed by atoms with Gasteiger partial charge in [-0.1, -0.05) is 20.8 Å². The van der Waals surface area contributed by atoms with Crippen molar-refractivity contribution in [2.45, 2.75) is 33.2 Å². The number of carbonyl (C=O) groups is 1. The molecule has 1 atom stereocenters. The molecule has 72 valence electrons. The normalized spacial score (nSPS) is 13.1. The maximum Gasteiger partial charge on any atom is 0.308 e. The Kier molecular flexibility index (Phi) is 6.11. The zero-order valence-electron chi connectivity index (χ0n) is 7.76. The van der Waals surface area contributed by atoms with Gasteiger partial charge in [0.2, 0.25) is 0 Å². The van der Waals surface area contributed by atoms with Gasteiger partial charge in [0.15, 0.2) is 0 Å². The number of hydrogen-bond donors (Lipinski definition) is 1. The van der Waals surface area contributed by atoms with E-state index in [4.69, 9.17) is 16.5 Å². The highest BCUT2D eigenvalue weighted by Gasteiger charge is 2.11. The summed E-state index contributed by atoms with van der Waals surface area (Å²) in [6.07, 6.45) is 0.842. The molecule has 0 radical (unpaired) electrons. The number of rotatable bonds is 5. The molecule has 3 nitrogen and oxygen atoms in total. The Morgan fingerprint density at radius 3 is 2.50 bits per heavy atom. The average molecular weight is 194 g/mol. The summed E-state index contributed by atoms with van der Waals surface area (Å²) >= 11 is 5.39. The zero-order chi connectivity index (χ0) is 9.56. The molecular weight excluding hydrogens is 178 g/mol. The Morgan fingerprint density at radius 1 is 1.58 bits per heavy atom. The lowest BCUT2D eigenvalue weighted by atomic mass is 10.2. The van der Waals surface area contributed by atoms with Crippen LogP contribution in [-0.4, -0.2) is 18.6 Å². The summed E-state index contributed by atoms with van der Waals surface area (Å²) in [7, 11) is 0. The van der Waals surface area contributed by atoms with Crippen LogP contribution in [0, 0.1) is 5.92 Å². The Balaban J connectivity index is 3.59. The van der Waals surface area contributed by atoms with Gasteiger partial charge in [-0.15, -0.1) is 0 Å². The molecule has 12 heavy (non-hydrogen) atoms. The molecule has 0 aromatic rings. The van der Waals surface area contributed by atoms with E-state index >= 15 is 0 Å². The predicted octanol–water partition coefficient (Wildman–Crippen LogP) is 1.71. The van der Waals surface area contributed by atoms with Crippen LogP contribution in [0.25, 0.3) is 0 Å². The summed E-state index contributed by atoms with van der Waals surface area (Å²) in [6, 6.07) is 0.0503. The molecule has 0 unspecified atom stereocenters. The van der Waals surface area contributed by atoms with Gasteiger partial charge in [-0.05, 0) is 18.2 Å². The SMILES string of the molecule is CC[C@@H](COC(=O)C(C)C)NCl. The molecule has 0 saturated heterocycles. The molecule has 4 heteroatoms. The van der Waals surface area contributed by atoms with Crippen molar-refractivity contribution in [1.82, 2.24) is 4.84 Å². The molecule has 0 aliphatic heterocycles. The lowest BCUT2D eigenvalue weighted by molar-refractivity contribution is -0.147. The first-order valence-electron chi connectivity index (χ1n) is 4.14. The lowest BCUT2D eigenvalue weighted by Crippen LogP contribution is -2.28. The van der Waals surface area contributed by atoms with Crippen LogP contribution in [0.15, 0.2) is 0 Å².